The molecule has 4 fully saturated rings. The van der Waals surface area contributed by atoms with Crippen LogP contribution in [0.4, 0.5) is 17.1 Å². The number of aliphatic hydroxyl groups excluding tert-OH is 1. The average Bonchev–Trinajstić information content (AvgIpc) is 3.86. The Morgan fingerprint density at radius 3 is 2.30 bits per heavy atom. The number of carbonyl (C=O) groups is 6. The van der Waals surface area contributed by atoms with Crippen molar-refractivity contribution < 1.29 is 48.5 Å². The lowest BCUT2D eigenvalue weighted by Crippen LogP contribution is -2.67. The van der Waals surface area contributed by atoms with Gasteiger partial charge in [-0.25, -0.2) is 9.69 Å². The first-order valence-electron chi connectivity index (χ1n) is 20.0. The molecule has 0 bridgehead atoms. The molecule has 2 heterocycles. The topological polar surface area (TPSA) is 189 Å². The Kier molecular flexibility index (Phi) is 9.96. The Morgan fingerprint density at radius 1 is 0.877 bits per heavy atom. The molecule has 300 valence electrons. The molecular formula is C44H49N3O10. The summed E-state index contributed by atoms with van der Waals surface area (Å²) in [6, 6.07) is 12.7. The van der Waals surface area contributed by atoms with Crippen LogP contribution in [0.2, 0.25) is 0 Å². The molecule has 4 saturated carbocycles. The summed E-state index contributed by atoms with van der Waals surface area (Å²) in [6.45, 7) is 4.52. The summed E-state index contributed by atoms with van der Waals surface area (Å²) in [7, 11) is 0. The maximum Gasteiger partial charge on any atom is 0.331 e. The van der Waals surface area contributed by atoms with E-state index in [4.69, 9.17) is 9.47 Å². The van der Waals surface area contributed by atoms with Crippen LogP contribution in [-0.2, 0) is 33.4 Å². The van der Waals surface area contributed by atoms with E-state index in [0.717, 1.165) is 29.7 Å². The quantitative estimate of drug-likeness (QED) is 0.194. The van der Waals surface area contributed by atoms with E-state index in [9.17, 15) is 39.0 Å². The van der Waals surface area contributed by atoms with Crippen molar-refractivity contribution >= 4 is 52.6 Å². The normalized spacial score (nSPS) is 34.1. The van der Waals surface area contributed by atoms with Crippen LogP contribution in [0.15, 0.2) is 72.3 Å². The van der Waals surface area contributed by atoms with Crippen LogP contribution in [0.3, 0.4) is 0 Å². The van der Waals surface area contributed by atoms with Gasteiger partial charge in [-0.1, -0.05) is 19.9 Å². The summed E-state index contributed by atoms with van der Waals surface area (Å²) >= 11 is 0. The number of ether oxygens (including phenoxy) is 2. The summed E-state index contributed by atoms with van der Waals surface area (Å²) in [5.41, 5.74) is 0.448. The third-order valence-electron chi connectivity index (χ3n) is 14.5. The molecule has 57 heavy (non-hydrogen) atoms. The maximum atomic E-state index is 13.0. The number of nitrogens with one attached hydrogen (secondary N) is 2. The highest BCUT2D eigenvalue weighted by atomic mass is 16.5. The number of anilines is 3. The summed E-state index contributed by atoms with van der Waals surface area (Å²) in [4.78, 5) is 75.6. The van der Waals surface area contributed by atoms with Crippen molar-refractivity contribution in [3.05, 3.63) is 77.9 Å². The highest BCUT2D eigenvalue weighted by Crippen LogP contribution is 2.70. The van der Waals surface area contributed by atoms with Crippen LogP contribution in [-0.4, -0.2) is 70.2 Å². The highest BCUT2D eigenvalue weighted by molar-refractivity contribution is 6.28. The number of fused-ring (bicyclic) bond motifs is 5. The minimum absolute atomic E-state index is 0.0341. The summed E-state index contributed by atoms with van der Waals surface area (Å²) in [5.74, 6) is -2.21. The lowest BCUT2D eigenvalue weighted by molar-refractivity contribution is -0.245. The molecular weight excluding hydrogens is 730 g/mol. The van der Waals surface area contributed by atoms with Gasteiger partial charge in [-0.2, -0.15) is 0 Å². The molecule has 0 spiro atoms. The van der Waals surface area contributed by atoms with Gasteiger partial charge in [0, 0.05) is 47.0 Å². The number of amides is 4. The van der Waals surface area contributed by atoms with Crippen LogP contribution in [0.5, 0.6) is 0 Å². The Labute approximate surface area is 330 Å². The molecule has 9 atom stereocenters. The molecule has 0 saturated heterocycles. The third-order valence-corrected chi connectivity index (χ3v) is 14.5. The predicted octanol–water partition coefficient (Wildman–Crippen LogP) is 5.23. The van der Waals surface area contributed by atoms with E-state index in [1.165, 1.54) is 18.2 Å². The summed E-state index contributed by atoms with van der Waals surface area (Å²) in [6.07, 6.45) is 8.60. The number of rotatable bonds is 9. The Balaban J connectivity index is 0.803. The standard InChI is InChI=1S/C44H49N3O10/c1-42-18-16-31(22-27(42)6-11-33-34(42)23-35(48)43(2)32(17-19-44(33,43)55)26-21-40(53)56-24-26)57-39(52)15-12-36(49)45-28-7-9-29(10-8-28)46-41(54)25-4-3-5-30(20-25)47-37(50)13-14-38(47)51/h3-5,7-10,13-14,20-21,27,31-35,48,55H,6,11-12,15-19,22-24H2,1-2H3,(H,45,49)(H,46,54)/t27-,31+,32-,33-,34+,35-,42+,43+,44?/m1/s1. The van der Waals surface area contributed by atoms with Crippen molar-refractivity contribution in [2.24, 2.45) is 34.5 Å². The zero-order valence-electron chi connectivity index (χ0n) is 32.2. The second kappa shape index (κ2) is 14.7. The van der Waals surface area contributed by atoms with Crippen LogP contribution in [0.25, 0.3) is 0 Å². The molecule has 4 N–H and O–H groups in total. The van der Waals surface area contributed by atoms with Crippen molar-refractivity contribution in [3.63, 3.8) is 0 Å². The Hall–Kier alpha value is -5.14. The van der Waals surface area contributed by atoms with Crippen molar-refractivity contribution in [1.29, 1.82) is 0 Å². The van der Waals surface area contributed by atoms with Gasteiger partial charge >= 0.3 is 11.9 Å². The van der Waals surface area contributed by atoms with Crippen LogP contribution in [0, 0.1) is 34.5 Å². The van der Waals surface area contributed by atoms with Gasteiger partial charge in [0.1, 0.15) is 12.7 Å². The molecule has 4 amide bonds. The molecule has 13 heteroatoms. The first-order valence-corrected chi connectivity index (χ1v) is 20.0. The zero-order valence-corrected chi connectivity index (χ0v) is 32.2. The SMILES string of the molecule is C[C@]12CC[C@H](OC(=O)CCC(=O)Nc3ccc(NC(=O)c4cccc(N5C(=O)C=CC5=O)c4)cc3)C[C@H]1CC[C@@H]1[C@@H]2C[C@@H](O)[C@]2(C)[C@@H](C3=CC(=O)OC3)CCC12O. The van der Waals surface area contributed by atoms with Crippen molar-refractivity contribution in [2.75, 3.05) is 22.1 Å². The molecule has 6 aliphatic rings. The lowest BCUT2D eigenvalue weighted by atomic mass is 9.42. The highest BCUT2D eigenvalue weighted by Gasteiger charge is 2.70. The van der Waals surface area contributed by atoms with E-state index in [0.29, 0.717) is 43.5 Å². The summed E-state index contributed by atoms with van der Waals surface area (Å²) < 4.78 is 11.1. The molecule has 13 nitrogen and oxygen atoms in total. The van der Waals surface area contributed by atoms with Gasteiger partial charge in [0.2, 0.25) is 5.91 Å². The number of imide groups is 1. The van der Waals surface area contributed by atoms with E-state index in [1.54, 1.807) is 48.5 Å². The van der Waals surface area contributed by atoms with Crippen LogP contribution >= 0.6 is 0 Å². The van der Waals surface area contributed by atoms with E-state index in [2.05, 4.69) is 17.6 Å². The fourth-order valence-electron chi connectivity index (χ4n) is 11.4. The first kappa shape index (κ1) is 38.7. The second-order valence-corrected chi connectivity index (χ2v) is 17.2. The van der Waals surface area contributed by atoms with E-state index in [1.807, 2.05) is 6.92 Å². The number of carbonyl (C=O) groups excluding carboxylic acids is 6. The third kappa shape index (κ3) is 6.78. The molecule has 1 unspecified atom stereocenters. The van der Waals surface area contributed by atoms with Crippen molar-refractivity contribution in [2.45, 2.75) is 95.9 Å². The second-order valence-electron chi connectivity index (χ2n) is 17.2. The number of hydrogen-bond acceptors (Lipinski definition) is 10. The van der Waals surface area contributed by atoms with E-state index in [-0.39, 0.29) is 77.8 Å². The fourth-order valence-corrected chi connectivity index (χ4v) is 11.4. The molecule has 8 rings (SSSR count). The Morgan fingerprint density at radius 2 is 1.60 bits per heavy atom. The van der Waals surface area contributed by atoms with Gasteiger partial charge < -0.3 is 30.3 Å². The molecule has 0 radical (unpaired) electrons. The first-order chi connectivity index (χ1) is 27.2. The van der Waals surface area contributed by atoms with Gasteiger partial charge in [0.25, 0.3) is 17.7 Å². The number of benzene rings is 2. The molecule has 2 aromatic carbocycles. The monoisotopic (exact) mass is 779 g/mol. The van der Waals surface area contributed by atoms with E-state index >= 15 is 0 Å². The maximum absolute atomic E-state index is 13.0. The number of aliphatic hydroxyl groups is 2. The van der Waals surface area contributed by atoms with Gasteiger partial charge in [-0.05, 0) is 128 Å². The smallest absolute Gasteiger partial charge is 0.331 e. The lowest BCUT2D eigenvalue weighted by Gasteiger charge is -2.65. The number of esters is 2. The van der Waals surface area contributed by atoms with Gasteiger partial charge in [0.05, 0.1) is 23.8 Å². The van der Waals surface area contributed by atoms with Crippen LogP contribution in [0.1, 0.15) is 88.4 Å². The fraction of sp³-hybridized carbons (Fsp3) is 0.500. The van der Waals surface area contributed by atoms with Crippen LogP contribution < -0.4 is 15.5 Å². The molecule has 2 aromatic rings. The van der Waals surface area contributed by atoms with Crippen molar-refractivity contribution in [1.82, 2.24) is 0 Å². The average molecular weight is 780 g/mol. The number of hydrogen-bond donors (Lipinski definition) is 4. The predicted molar refractivity (Wildman–Crippen MR) is 207 cm³/mol. The van der Waals surface area contributed by atoms with Gasteiger partial charge in [-0.3, -0.25) is 24.0 Å². The number of cyclic esters (lactones) is 1. The molecule has 0 aromatic heterocycles. The number of nitrogens with zero attached hydrogens (tertiary/aromatic N) is 1. The van der Waals surface area contributed by atoms with E-state index < -0.39 is 40.8 Å². The van der Waals surface area contributed by atoms with Gasteiger partial charge in [-0.15, -0.1) is 0 Å². The Bertz CT molecular complexity index is 2060. The largest absolute Gasteiger partial charge is 0.462 e. The van der Waals surface area contributed by atoms with Crippen molar-refractivity contribution in [3.8, 4) is 0 Å². The minimum Gasteiger partial charge on any atom is -0.462 e. The molecule has 2 aliphatic heterocycles. The summed E-state index contributed by atoms with van der Waals surface area (Å²) in [5, 5.41) is 29.8. The van der Waals surface area contributed by atoms with Gasteiger partial charge in [0.15, 0.2) is 0 Å². The zero-order chi connectivity index (χ0) is 40.3. The molecule has 4 aliphatic carbocycles. The minimum atomic E-state index is -1.05.